The molecule has 0 spiro atoms. The summed E-state index contributed by atoms with van der Waals surface area (Å²) >= 11 is 0. The summed E-state index contributed by atoms with van der Waals surface area (Å²) in [5.74, 6) is -1.06. The highest BCUT2D eigenvalue weighted by atomic mass is 32.2. The summed E-state index contributed by atoms with van der Waals surface area (Å²) in [6, 6.07) is 5.76. The highest BCUT2D eigenvalue weighted by Gasteiger charge is 2.34. The molecule has 24 heavy (non-hydrogen) atoms. The molecule has 1 fully saturated rings. The molecule has 0 saturated carbocycles. The number of amides is 1. The van der Waals surface area contributed by atoms with E-state index in [0.29, 0.717) is 24.9 Å². The average Bonchev–Trinajstić information content (AvgIpc) is 2.61. The van der Waals surface area contributed by atoms with Crippen LogP contribution in [-0.2, 0) is 19.6 Å². The number of carbonyl (C=O) groups is 2. The molecule has 1 aliphatic rings. The minimum atomic E-state index is -3.70. The minimum absolute atomic E-state index is 0.111. The van der Waals surface area contributed by atoms with Gasteiger partial charge in [0.25, 0.3) is 5.91 Å². The maximum absolute atomic E-state index is 12.7. The number of benzene rings is 1. The molecule has 0 unspecified atom stereocenters. The summed E-state index contributed by atoms with van der Waals surface area (Å²) < 4.78 is 31.8. The zero-order chi connectivity index (χ0) is 17.7. The van der Waals surface area contributed by atoms with Gasteiger partial charge in [0.2, 0.25) is 10.0 Å². The van der Waals surface area contributed by atoms with Crippen molar-refractivity contribution in [3.05, 3.63) is 29.8 Å². The Hall–Kier alpha value is -1.93. The van der Waals surface area contributed by atoms with E-state index in [1.807, 2.05) is 0 Å². The molecular formula is C16H22N2O5S. The first-order valence-corrected chi connectivity index (χ1v) is 9.33. The molecule has 1 aromatic carbocycles. The Kier molecular flexibility index (Phi) is 5.95. The van der Waals surface area contributed by atoms with Gasteiger partial charge in [-0.15, -0.1) is 0 Å². The van der Waals surface area contributed by atoms with Crippen LogP contribution in [0.5, 0.6) is 0 Å². The van der Waals surface area contributed by atoms with E-state index >= 15 is 0 Å². The molecule has 1 N–H and O–H groups in total. The molecule has 0 aliphatic carbocycles. The lowest BCUT2D eigenvalue weighted by atomic mass is 10.0. The van der Waals surface area contributed by atoms with E-state index in [4.69, 9.17) is 4.74 Å². The maximum Gasteiger partial charge on any atom is 0.310 e. The van der Waals surface area contributed by atoms with Gasteiger partial charge in [-0.1, -0.05) is 0 Å². The summed E-state index contributed by atoms with van der Waals surface area (Å²) in [4.78, 5) is 23.5. The average molecular weight is 354 g/mol. The maximum atomic E-state index is 12.7. The quantitative estimate of drug-likeness (QED) is 0.797. The summed E-state index contributed by atoms with van der Waals surface area (Å²) in [6.07, 6.45) is 1.24. The first-order chi connectivity index (χ1) is 11.4. The standard InChI is InChI=1S/C16H22N2O5S/c1-3-23-16(20)13-5-4-10-18(11-13)24(21,22)14-8-6-12(7-9-14)15(19)17-2/h6-9,13H,3-5,10-11H2,1-2H3,(H,17,19)/t13-/m1/s1. The third-order valence-corrected chi connectivity index (χ3v) is 5.86. The van der Waals surface area contributed by atoms with Crippen LogP contribution in [0.4, 0.5) is 0 Å². The molecule has 7 nitrogen and oxygen atoms in total. The van der Waals surface area contributed by atoms with Crippen LogP contribution in [0, 0.1) is 5.92 Å². The molecule has 0 bridgehead atoms. The van der Waals surface area contributed by atoms with Crippen LogP contribution in [-0.4, -0.2) is 51.3 Å². The number of hydrogen-bond donors (Lipinski definition) is 1. The van der Waals surface area contributed by atoms with Crippen LogP contribution < -0.4 is 5.32 Å². The number of nitrogens with one attached hydrogen (secondary N) is 1. The molecule has 1 heterocycles. The molecule has 2 rings (SSSR count). The fraction of sp³-hybridized carbons (Fsp3) is 0.500. The fourth-order valence-electron chi connectivity index (χ4n) is 2.68. The molecule has 1 atom stereocenters. The Morgan fingerprint density at radius 2 is 1.96 bits per heavy atom. The highest BCUT2D eigenvalue weighted by molar-refractivity contribution is 7.89. The van der Waals surface area contributed by atoms with E-state index in [9.17, 15) is 18.0 Å². The van der Waals surface area contributed by atoms with Crippen molar-refractivity contribution in [2.75, 3.05) is 26.7 Å². The van der Waals surface area contributed by atoms with Gasteiger partial charge in [-0.3, -0.25) is 9.59 Å². The van der Waals surface area contributed by atoms with E-state index in [-0.39, 0.29) is 29.9 Å². The first kappa shape index (κ1) is 18.4. The predicted molar refractivity (Wildman–Crippen MR) is 87.9 cm³/mol. The van der Waals surface area contributed by atoms with Gasteiger partial charge in [-0.2, -0.15) is 4.31 Å². The van der Waals surface area contributed by atoms with E-state index < -0.39 is 15.9 Å². The topological polar surface area (TPSA) is 92.8 Å². The smallest absolute Gasteiger partial charge is 0.310 e. The lowest BCUT2D eigenvalue weighted by Crippen LogP contribution is -2.42. The summed E-state index contributed by atoms with van der Waals surface area (Å²) in [5.41, 5.74) is 0.388. The Labute approximate surface area is 142 Å². The van der Waals surface area contributed by atoms with E-state index in [2.05, 4.69) is 5.32 Å². The molecule has 1 amide bonds. The van der Waals surface area contributed by atoms with Gasteiger partial charge in [0.15, 0.2) is 0 Å². The van der Waals surface area contributed by atoms with Gasteiger partial charge < -0.3 is 10.1 Å². The van der Waals surface area contributed by atoms with Crippen LogP contribution in [0.15, 0.2) is 29.2 Å². The summed E-state index contributed by atoms with van der Waals surface area (Å²) in [7, 11) is -2.19. The molecule has 8 heteroatoms. The number of esters is 1. The minimum Gasteiger partial charge on any atom is -0.466 e. The van der Waals surface area contributed by atoms with Gasteiger partial charge in [0.05, 0.1) is 17.4 Å². The van der Waals surface area contributed by atoms with Gasteiger partial charge in [0, 0.05) is 25.7 Å². The molecular weight excluding hydrogens is 332 g/mol. The fourth-order valence-corrected chi connectivity index (χ4v) is 4.21. The third-order valence-electron chi connectivity index (χ3n) is 3.99. The molecule has 1 aromatic rings. The summed E-state index contributed by atoms with van der Waals surface area (Å²) in [5, 5.41) is 2.48. The number of hydrogen-bond acceptors (Lipinski definition) is 5. The van der Waals surface area contributed by atoms with Gasteiger partial charge in [-0.25, -0.2) is 8.42 Å². The Bertz CT molecular complexity index is 700. The largest absolute Gasteiger partial charge is 0.466 e. The summed E-state index contributed by atoms with van der Waals surface area (Å²) in [6.45, 7) is 2.50. The van der Waals surface area contributed by atoms with E-state index in [0.717, 1.165) is 0 Å². The van der Waals surface area contributed by atoms with Crippen LogP contribution in [0.25, 0.3) is 0 Å². The molecule has 1 aliphatic heterocycles. The van der Waals surface area contributed by atoms with Crippen LogP contribution in [0.3, 0.4) is 0 Å². The monoisotopic (exact) mass is 354 g/mol. The molecule has 132 valence electrons. The van der Waals surface area contributed by atoms with Crippen molar-refractivity contribution in [2.24, 2.45) is 5.92 Å². The normalized spacial score (nSPS) is 18.8. The predicted octanol–water partition coefficient (Wildman–Crippen LogP) is 1.01. The second kappa shape index (κ2) is 7.76. The van der Waals surface area contributed by atoms with Crippen molar-refractivity contribution in [3.8, 4) is 0 Å². The van der Waals surface area contributed by atoms with Crippen molar-refractivity contribution in [3.63, 3.8) is 0 Å². The highest BCUT2D eigenvalue weighted by Crippen LogP contribution is 2.24. The van der Waals surface area contributed by atoms with Crippen LogP contribution in [0.2, 0.25) is 0 Å². The van der Waals surface area contributed by atoms with Crippen LogP contribution >= 0.6 is 0 Å². The number of rotatable bonds is 5. The number of piperidine rings is 1. The third kappa shape index (κ3) is 3.93. The van der Waals surface area contributed by atoms with Gasteiger partial charge in [0.1, 0.15) is 0 Å². The van der Waals surface area contributed by atoms with Gasteiger partial charge >= 0.3 is 5.97 Å². The second-order valence-electron chi connectivity index (χ2n) is 5.56. The molecule has 0 radical (unpaired) electrons. The zero-order valence-electron chi connectivity index (χ0n) is 13.8. The molecule has 1 saturated heterocycles. The van der Waals surface area contributed by atoms with Crippen molar-refractivity contribution in [1.29, 1.82) is 0 Å². The SMILES string of the molecule is CCOC(=O)[C@@H]1CCCN(S(=O)(=O)c2ccc(C(=O)NC)cc2)C1. The number of carbonyl (C=O) groups excluding carboxylic acids is 2. The van der Waals surface area contributed by atoms with Crippen molar-refractivity contribution in [2.45, 2.75) is 24.7 Å². The van der Waals surface area contributed by atoms with Crippen molar-refractivity contribution in [1.82, 2.24) is 9.62 Å². The first-order valence-electron chi connectivity index (χ1n) is 7.89. The lowest BCUT2D eigenvalue weighted by molar-refractivity contribution is -0.149. The van der Waals surface area contributed by atoms with Crippen LogP contribution in [0.1, 0.15) is 30.1 Å². The van der Waals surface area contributed by atoms with E-state index in [1.54, 1.807) is 6.92 Å². The second-order valence-corrected chi connectivity index (χ2v) is 7.50. The Morgan fingerprint density at radius 3 is 2.54 bits per heavy atom. The number of nitrogens with zero attached hydrogens (tertiary/aromatic N) is 1. The number of sulfonamides is 1. The van der Waals surface area contributed by atoms with E-state index in [1.165, 1.54) is 35.6 Å². The van der Waals surface area contributed by atoms with Gasteiger partial charge in [-0.05, 0) is 44.0 Å². The number of ether oxygens (including phenoxy) is 1. The Balaban J connectivity index is 2.17. The lowest BCUT2D eigenvalue weighted by Gasteiger charge is -2.30. The van der Waals surface area contributed by atoms with Crippen molar-refractivity contribution >= 4 is 21.9 Å². The zero-order valence-corrected chi connectivity index (χ0v) is 14.6. The molecule has 0 aromatic heterocycles. The Morgan fingerprint density at radius 1 is 1.29 bits per heavy atom. The van der Waals surface area contributed by atoms with Crippen molar-refractivity contribution < 1.29 is 22.7 Å².